The number of benzene rings is 1. The first-order valence-corrected chi connectivity index (χ1v) is 9.41. The molecule has 1 fully saturated rings. The summed E-state index contributed by atoms with van der Waals surface area (Å²) < 4.78 is 0. The number of aromatic hydroxyl groups is 1. The molecule has 3 nitrogen and oxygen atoms in total. The molecule has 24 heavy (non-hydrogen) atoms. The SMILES string of the molecule is C=CCN1C[C@@H](C)N([C@H](c2cccs2)c2ccccc2O)C[C@@H]1C. The predicted molar refractivity (Wildman–Crippen MR) is 102 cm³/mol. The van der Waals surface area contributed by atoms with Gasteiger partial charge in [-0.05, 0) is 31.4 Å². The first-order chi connectivity index (χ1) is 11.6. The van der Waals surface area contributed by atoms with Gasteiger partial charge in [-0.1, -0.05) is 30.3 Å². The first kappa shape index (κ1) is 17.2. The molecule has 128 valence electrons. The van der Waals surface area contributed by atoms with E-state index in [1.54, 1.807) is 17.4 Å². The van der Waals surface area contributed by atoms with Crippen molar-refractivity contribution in [2.45, 2.75) is 32.0 Å². The van der Waals surface area contributed by atoms with Crippen molar-refractivity contribution in [2.24, 2.45) is 0 Å². The Labute approximate surface area is 148 Å². The molecule has 0 spiro atoms. The molecule has 0 bridgehead atoms. The lowest BCUT2D eigenvalue weighted by Gasteiger charge is -2.47. The molecule has 1 aliphatic rings. The minimum atomic E-state index is 0.106. The van der Waals surface area contributed by atoms with Crippen LogP contribution in [0.1, 0.15) is 30.3 Å². The van der Waals surface area contributed by atoms with Crippen LogP contribution >= 0.6 is 11.3 Å². The number of para-hydroxylation sites is 1. The van der Waals surface area contributed by atoms with Crippen molar-refractivity contribution >= 4 is 11.3 Å². The van der Waals surface area contributed by atoms with Crippen LogP contribution in [-0.2, 0) is 0 Å². The molecule has 0 amide bonds. The molecule has 4 heteroatoms. The average molecular weight is 343 g/mol. The first-order valence-electron chi connectivity index (χ1n) is 8.53. The molecule has 1 aromatic heterocycles. The molecule has 1 aromatic carbocycles. The topological polar surface area (TPSA) is 26.7 Å². The van der Waals surface area contributed by atoms with Crippen molar-refractivity contribution in [3.63, 3.8) is 0 Å². The summed E-state index contributed by atoms with van der Waals surface area (Å²) in [6.07, 6.45) is 1.98. The molecule has 0 aliphatic carbocycles. The number of hydrogen-bond donors (Lipinski definition) is 1. The van der Waals surface area contributed by atoms with E-state index in [0.717, 1.165) is 25.2 Å². The van der Waals surface area contributed by atoms with Crippen LogP contribution in [0.2, 0.25) is 0 Å². The molecule has 0 unspecified atom stereocenters. The highest BCUT2D eigenvalue weighted by Gasteiger charge is 2.35. The van der Waals surface area contributed by atoms with Crippen LogP contribution in [0.3, 0.4) is 0 Å². The van der Waals surface area contributed by atoms with Crippen LogP contribution in [0.4, 0.5) is 0 Å². The zero-order valence-electron chi connectivity index (χ0n) is 14.4. The third kappa shape index (κ3) is 3.41. The molecule has 3 rings (SSSR count). The van der Waals surface area contributed by atoms with Crippen molar-refractivity contribution in [3.05, 3.63) is 64.9 Å². The summed E-state index contributed by atoms with van der Waals surface area (Å²) in [5.41, 5.74) is 0.996. The van der Waals surface area contributed by atoms with Gasteiger partial charge < -0.3 is 5.11 Å². The fraction of sp³-hybridized carbons (Fsp3) is 0.400. The van der Waals surface area contributed by atoms with E-state index in [1.165, 1.54) is 4.88 Å². The molecule has 1 aliphatic heterocycles. The maximum Gasteiger partial charge on any atom is 0.120 e. The van der Waals surface area contributed by atoms with Gasteiger partial charge in [0.1, 0.15) is 5.75 Å². The van der Waals surface area contributed by atoms with E-state index in [9.17, 15) is 5.11 Å². The van der Waals surface area contributed by atoms with Gasteiger partial charge in [0.2, 0.25) is 0 Å². The summed E-state index contributed by atoms with van der Waals surface area (Å²) in [4.78, 5) is 6.29. The lowest BCUT2D eigenvalue weighted by Crippen LogP contribution is -2.57. The van der Waals surface area contributed by atoms with Gasteiger partial charge in [0.15, 0.2) is 0 Å². The summed E-state index contributed by atoms with van der Waals surface area (Å²) in [5.74, 6) is 0.379. The number of piperazine rings is 1. The Morgan fingerprint density at radius 2 is 2.00 bits per heavy atom. The highest BCUT2D eigenvalue weighted by molar-refractivity contribution is 7.10. The third-order valence-electron chi connectivity index (χ3n) is 4.90. The van der Waals surface area contributed by atoms with E-state index in [1.807, 2.05) is 24.3 Å². The van der Waals surface area contributed by atoms with Crippen molar-refractivity contribution in [3.8, 4) is 5.75 Å². The van der Waals surface area contributed by atoms with E-state index in [4.69, 9.17) is 0 Å². The minimum Gasteiger partial charge on any atom is -0.508 e. The van der Waals surface area contributed by atoms with Gasteiger partial charge in [0, 0.05) is 42.2 Å². The predicted octanol–water partition coefficient (Wildman–Crippen LogP) is 4.12. The van der Waals surface area contributed by atoms with E-state index >= 15 is 0 Å². The number of thiophene rings is 1. The standard InChI is InChI=1S/C20H26N2OS/c1-4-11-21-13-16(3)22(14-15(21)2)20(19-10-7-12-24-19)17-8-5-6-9-18(17)23/h4-10,12,15-16,20,23H,1,11,13-14H2,2-3H3/t15-,16+,20-/m0/s1. The fourth-order valence-corrected chi connectivity index (χ4v) is 4.53. The largest absolute Gasteiger partial charge is 0.508 e. The quantitative estimate of drug-likeness (QED) is 0.828. The van der Waals surface area contributed by atoms with Gasteiger partial charge in [-0.25, -0.2) is 0 Å². The van der Waals surface area contributed by atoms with Gasteiger partial charge in [-0.2, -0.15) is 0 Å². The van der Waals surface area contributed by atoms with Crippen LogP contribution in [0.5, 0.6) is 5.75 Å². The Morgan fingerprint density at radius 3 is 2.67 bits per heavy atom. The van der Waals surface area contributed by atoms with Crippen LogP contribution in [0, 0.1) is 0 Å². The molecule has 2 heterocycles. The second kappa shape index (κ2) is 7.51. The number of phenols is 1. The van der Waals surface area contributed by atoms with Gasteiger partial charge in [0.25, 0.3) is 0 Å². The normalized spacial score (nSPS) is 23.9. The van der Waals surface area contributed by atoms with Crippen molar-refractivity contribution < 1.29 is 5.11 Å². The minimum absolute atomic E-state index is 0.106. The van der Waals surface area contributed by atoms with Gasteiger partial charge in [-0.15, -0.1) is 17.9 Å². The van der Waals surface area contributed by atoms with Crippen LogP contribution < -0.4 is 0 Å². The van der Waals surface area contributed by atoms with E-state index in [0.29, 0.717) is 17.8 Å². The molecule has 0 radical (unpaired) electrons. The Hall–Kier alpha value is -1.62. The van der Waals surface area contributed by atoms with Crippen LogP contribution in [0.25, 0.3) is 0 Å². The average Bonchev–Trinajstić information content (AvgIpc) is 3.08. The van der Waals surface area contributed by atoms with E-state index < -0.39 is 0 Å². The molecule has 3 atom stereocenters. The maximum absolute atomic E-state index is 10.5. The van der Waals surface area contributed by atoms with Gasteiger partial charge in [-0.3, -0.25) is 9.80 Å². The smallest absolute Gasteiger partial charge is 0.120 e. The summed E-state index contributed by atoms with van der Waals surface area (Å²) >= 11 is 1.76. The summed E-state index contributed by atoms with van der Waals surface area (Å²) in [6.45, 7) is 11.4. The summed E-state index contributed by atoms with van der Waals surface area (Å²) in [5, 5.41) is 12.6. The summed E-state index contributed by atoms with van der Waals surface area (Å²) in [7, 11) is 0. The number of nitrogens with zero attached hydrogens (tertiary/aromatic N) is 2. The monoisotopic (exact) mass is 342 g/mol. The van der Waals surface area contributed by atoms with Crippen molar-refractivity contribution in [1.82, 2.24) is 9.80 Å². The maximum atomic E-state index is 10.5. The van der Waals surface area contributed by atoms with E-state index in [2.05, 4.69) is 47.7 Å². The molecule has 1 N–H and O–H groups in total. The fourth-order valence-electron chi connectivity index (χ4n) is 3.67. The van der Waals surface area contributed by atoms with Gasteiger partial charge >= 0.3 is 0 Å². The van der Waals surface area contributed by atoms with Crippen LogP contribution in [-0.4, -0.2) is 46.6 Å². The van der Waals surface area contributed by atoms with Gasteiger partial charge in [0.05, 0.1) is 6.04 Å². The van der Waals surface area contributed by atoms with E-state index in [-0.39, 0.29) is 6.04 Å². The zero-order chi connectivity index (χ0) is 17.1. The Balaban J connectivity index is 1.95. The number of phenolic OH excluding ortho intramolecular Hbond substituents is 1. The third-order valence-corrected chi connectivity index (χ3v) is 5.83. The summed E-state index contributed by atoms with van der Waals surface area (Å²) in [6, 6.07) is 13.0. The molecular weight excluding hydrogens is 316 g/mol. The Bertz CT molecular complexity index is 670. The second-order valence-corrected chi connectivity index (χ2v) is 7.59. The molecular formula is C20H26N2OS. The highest BCUT2D eigenvalue weighted by Crippen LogP contribution is 2.38. The Kier molecular flexibility index (Phi) is 5.39. The second-order valence-electron chi connectivity index (χ2n) is 6.61. The number of rotatable bonds is 5. The lowest BCUT2D eigenvalue weighted by molar-refractivity contribution is 0.0310. The zero-order valence-corrected chi connectivity index (χ0v) is 15.2. The van der Waals surface area contributed by atoms with Crippen molar-refractivity contribution in [2.75, 3.05) is 19.6 Å². The molecule has 0 saturated carbocycles. The lowest BCUT2D eigenvalue weighted by atomic mass is 9.97. The molecule has 2 aromatic rings. The molecule has 1 saturated heterocycles. The Morgan fingerprint density at radius 1 is 1.21 bits per heavy atom. The van der Waals surface area contributed by atoms with Crippen LogP contribution in [0.15, 0.2) is 54.4 Å². The van der Waals surface area contributed by atoms with Crippen molar-refractivity contribution in [1.29, 1.82) is 0 Å². The highest BCUT2D eigenvalue weighted by atomic mass is 32.1. The number of hydrogen-bond acceptors (Lipinski definition) is 4.